The van der Waals surface area contributed by atoms with E-state index in [4.69, 9.17) is 0 Å². The largest absolute Gasteiger partial charge is 0.354 e. The lowest BCUT2D eigenvalue weighted by Crippen LogP contribution is -2.08. The van der Waals surface area contributed by atoms with Gasteiger partial charge in [-0.1, -0.05) is 36.4 Å². The van der Waals surface area contributed by atoms with Gasteiger partial charge in [0.2, 0.25) is 0 Å². The summed E-state index contributed by atoms with van der Waals surface area (Å²) in [5, 5.41) is 16.9. The smallest absolute Gasteiger partial charge is 0.0532 e. The van der Waals surface area contributed by atoms with Crippen molar-refractivity contribution < 1.29 is 0 Å². The minimum absolute atomic E-state index is 0.327. The number of nitrogens with one attached hydrogen (secondary N) is 2. The van der Waals surface area contributed by atoms with Crippen molar-refractivity contribution in [2.45, 2.75) is 34.5 Å². The van der Waals surface area contributed by atoms with Crippen molar-refractivity contribution >= 4 is 91.6 Å². The maximum atomic E-state index is 3.94. The van der Waals surface area contributed by atoms with Crippen LogP contribution < -0.4 is 10.6 Å². The first-order valence-electron chi connectivity index (χ1n) is 14.0. The van der Waals surface area contributed by atoms with Gasteiger partial charge in [0.05, 0.1) is 22.7 Å². The number of thioether (sulfide) groups is 2. The molecule has 0 bridgehead atoms. The standard InChI is InChI=1S/C34H30N2S6/c1-3-7-23(8-4-1)37-17-11-25-31-27(13-19-39-31)35-29-15-21-41-33(29)26(12-18-38-24-9-5-2-6-10-24)34-30(16-22-42-34)36-28-14-20-40-32(25)28/h1-10,13-16,19-22,25-26,35-36H,11-12,17-18H2. The normalized spacial score (nSPS) is 16.1. The fourth-order valence-corrected chi connectivity index (χ4v) is 11.5. The van der Waals surface area contributed by atoms with E-state index in [9.17, 15) is 0 Å². The van der Waals surface area contributed by atoms with Crippen molar-refractivity contribution in [1.82, 2.24) is 0 Å². The minimum Gasteiger partial charge on any atom is -0.354 e. The van der Waals surface area contributed by atoms with Gasteiger partial charge in [0.1, 0.15) is 0 Å². The molecule has 2 aromatic carbocycles. The highest BCUT2D eigenvalue weighted by Gasteiger charge is 2.28. The van der Waals surface area contributed by atoms with Gasteiger partial charge in [0.15, 0.2) is 0 Å². The lowest BCUT2D eigenvalue weighted by atomic mass is 9.97. The van der Waals surface area contributed by atoms with Gasteiger partial charge in [-0.2, -0.15) is 0 Å². The molecule has 6 aromatic rings. The fourth-order valence-electron chi connectivity index (χ4n) is 5.45. The Bertz CT molecular complexity index is 1510. The van der Waals surface area contributed by atoms with E-state index >= 15 is 0 Å². The van der Waals surface area contributed by atoms with Crippen LogP contribution in [0, 0.1) is 0 Å². The summed E-state index contributed by atoms with van der Waals surface area (Å²) in [6.07, 6.45) is 2.16. The molecule has 0 saturated heterocycles. The Labute approximate surface area is 272 Å². The highest BCUT2D eigenvalue weighted by atomic mass is 32.2. The lowest BCUT2D eigenvalue weighted by Gasteiger charge is -2.23. The van der Waals surface area contributed by atoms with Crippen molar-refractivity contribution in [1.29, 1.82) is 0 Å². The van der Waals surface area contributed by atoms with Crippen LogP contribution in [0.4, 0.5) is 22.7 Å². The number of anilines is 4. The summed E-state index contributed by atoms with van der Waals surface area (Å²) >= 11 is 11.4. The van der Waals surface area contributed by atoms with Gasteiger partial charge in [0.25, 0.3) is 0 Å². The molecule has 0 spiro atoms. The second-order valence-electron chi connectivity index (χ2n) is 10.0. The van der Waals surface area contributed by atoms with E-state index in [1.54, 1.807) is 0 Å². The van der Waals surface area contributed by atoms with E-state index in [1.165, 1.54) is 52.0 Å². The van der Waals surface area contributed by atoms with Gasteiger partial charge in [-0.05, 0) is 94.4 Å². The van der Waals surface area contributed by atoms with Crippen LogP contribution in [0.3, 0.4) is 0 Å². The van der Waals surface area contributed by atoms with E-state index < -0.39 is 0 Å². The maximum Gasteiger partial charge on any atom is 0.0532 e. The molecule has 212 valence electrons. The van der Waals surface area contributed by atoms with Crippen LogP contribution >= 0.6 is 68.9 Å². The molecular formula is C34H30N2S6. The molecule has 0 unspecified atom stereocenters. The third-order valence-electron chi connectivity index (χ3n) is 7.42. The quantitative estimate of drug-likeness (QED) is 0.159. The topological polar surface area (TPSA) is 24.1 Å². The van der Waals surface area contributed by atoms with Gasteiger partial charge < -0.3 is 10.6 Å². The molecule has 7 rings (SSSR count). The van der Waals surface area contributed by atoms with E-state index in [2.05, 4.69) is 117 Å². The second kappa shape index (κ2) is 13.5. The average molecular weight is 659 g/mol. The molecule has 1 aliphatic heterocycles. The Balaban J connectivity index is 1.23. The third kappa shape index (κ3) is 6.25. The van der Waals surface area contributed by atoms with Crippen LogP contribution in [-0.4, -0.2) is 11.5 Å². The zero-order chi connectivity index (χ0) is 28.1. The molecule has 0 saturated carbocycles. The molecule has 2 N–H and O–H groups in total. The molecule has 42 heavy (non-hydrogen) atoms. The Hall–Kier alpha value is -2.46. The van der Waals surface area contributed by atoms with E-state index in [1.807, 2.05) is 68.9 Å². The number of fused-ring (bicyclic) bond motifs is 4. The molecular weight excluding hydrogens is 629 g/mol. The molecule has 0 radical (unpaired) electrons. The number of rotatable bonds is 8. The van der Waals surface area contributed by atoms with Crippen molar-refractivity contribution in [3.63, 3.8) is 0 Å². The van der Waals surface area contributed by atoms with E-state index in [0.29, 0.717) is 11.8 Å². The molecule has 1 aliphatic rings. The van der Waals surface area contributed by atoms with E-state index in [-0.39, 0.29) is 0 Å². The lowest BCUT2D eigenvalue weighted by molar-refractivity contribution is 0.813. The molecule has 8 heteroatoms. The van der Waals surface area contributed by atoms with Crippen LogP contribution in [0.15, 0.2) is 116 Å². The summed E-state index contributed by atoms with van der Waals surface area (Å²) in [7, 11) is 0. The Morgan fingerprint density at radius 2 is 0.786 bits per heavy atom. The highest BCUT2D eigenvalue weighted by Crippen LogP contribution is 2.49. The Kier molecular flexibility index (Phi) is 9.07. The van der Waals surface area contributed by atoms with Gasteiger partial charge >= 0.3 is 0 Å². The summed E-state index contributed by atoms with van der Waals surface area (Å²) in [5.74, 6) is 2.79. The van der Waals surface area contributed by atoms with Crippen LogP contribution in [0.2, 0.25) is 0 Å². The second-order valence-corrected chi connectivity index (χ2v) is 16.2. The van der Waals surface area contributed by atoms with Gasteiger partial charge in [0, 0.05) is 41.1 Å². The van der Waals surface area contributed by atoms with Gasteiger partial charge in [-0.15, -0.1) is 68.9 Å². The predicted octanol–water partition coefficient (Wildman–Crippen LogP) is 12.4. The SMILES string of the molecule is c1ccc(SCCC2c3sccc3Nc3ccsc3C(CCSc3ccccc3)c3sccc3Nc3ccsc32)cc1. The molecule has 0 fully saturated rings. The van der Waals surface area contributed by atoms with Crippen LogP contribution in [-0.2, 0) is 0 Å². The maximum absolute atomic E-state index is 3.94. The molecule has 4 aromatic heterocycles. The van der Waals surface area contributed by atoms with Crippen molar-refractivity contribution in [2.24, 2.45) is 0 Å². The molecule has 5 heterocycles. The van der Waals surface area contributed by atoms with Crippen molar-refractivity contribution in [3.8, 4) is 0 Å². The first kappa shape index (κ1) is 28.3. The van der Waals surface area contributed by atoms with E-state index in [0.717, 1.165) is 24.3 Å². The first-order chi connectivity index (χ1) is 20.8. The first-order valence-corrected chi connectivity index (χ1v) is 19.5. The zero-order valence-electron chi connectivity index (χ0n) is 22.8. The fraction of sp³-hybridized carbons (Fsp3) is 0.176. The number of hydrogen-bond donors (Lipinski definition) is 2. The monoisotopic (exact) mass is 658 g/mol. The zero-order valence-corrected chi connectivity index (χ0v) is 27.7. The molecule has 0 atom stereocenters. The van der Waals surface area contributed by atoms with Crippen molar-refractivity contribution in [3.05, 3.63) is 126 Å². The Morgan fingerprint density at radius 1 is 0.452 bits per heavy atom. The third-order valence-corrected chi connectivity index (χ3v) is 13.6. The Morgan fingerprint density at radius 3 is 1.12 bits per heavy atom. The van der Waals surface area contributed by atoms with Crippen molar-refractivity contribution in [2.75, 3.05) is 22.1 Å². The summed E-state index contributed by atoms with van der Waals surface area (Å²) in [4.78, 5) is 8.37. The summed E-state index contributed by atoms with van der Waals surface area (Å²) in [6, 6.07) is 30.7. The summed E-state index contributed by atoms with van der Waals surface area (Å²) in [5.41, 5.74) is 4.99. The minimum atomic E-state index is 0.327. The van der Waals surface area contributed by atoms with Crippen LogP contribution in [0.5, 0.6) is 0 Å². The van der Waals surface area contributed by atoms with Gasteiger partial charge in [-0.3, -0.25) is 0 Å². The average Bonchev–Trinajstić information content (AvgIpc) is 3.84. The number of thiophene rings is 4. The highest BCUT2D eigenvalue weighted by molar-refractivity contribution is 7.99. The summed E-state index contributed by atoms with van der Waals surface area (Å²) < 4.78 is 0. The number of hydrogen-bond acceptors (Lipinski definition) is 8. The molecule has 2 nitrogen and oxygen atoms in total. The molecule has 0 amide bonds. The van der Waals surface area contributed by atoms with Crippen LogP contribution in [0.25, 0.3) is 0 Å². The van der Waals surface area contributed by atoms with Crippen LogP contribution in [0.1, 0.15) is 44.2 Å². The number of benzene rings is 2. The molecule has 0 aliphatic carbocycles. The summed E-state index contributed by atoms with van der Waals surface area (Å²) in [6.45, 7) is 0. The van der Waals surface area contributed by atoms with Gasteiger partial charge in [-0.25, -0.2) is 0 Å². The predicted molar refractivity (Wildman–Crippen MR) is 191 cm³/mol.